The zero-order valence-electron chi connectivity index (χ0n) is 7.76. The summed E-state index contributed by atoms with van der Waals surface area (Å²) in [6.07, 6.45) is 0. The standard InChI is InChI=1S/C6H4Cl2/c7-5-2-1-3-6(8)4-5/h1-4H/i1D,2D,3D,4D. The lowest BCUT2D eigenvalue weighted by molar-refractivity contribution is 1.71. The number of hydrogen-bond donors (Lipinski definition) is 0. The van der Waals surface area contributed by atoms with Crippen molar-refractivity contribution in [1.82, 2.24) is 0 Å². The van der Waals surface area contributed by atoms with Crippen molar-refractivity contribution in [3.05, 3.63) is 34.2 Å². The van der Waals surface area contributed by atoms with Crippen molar-refractivity contribution < 1.29 is 5.48 Å². The molecule has 0 unspecified atom stereocenters. The van der Waals surface area contributed by atoms with E-state index in [-0.39, 0.29) is 34.2 Å². The van der Waals surface area contributed by atoms with Crippen molar-refractivity contribution in [2.75, 3.05) is 0 Å². The maximum Gasteiger partial charge on any atom is 0.0654 e. The Balaban J connectivity index is 3.60. The van der Waals surface area contributed by atoms with Crippen LogP contribution in [0.25, 0.3) is 0 Å². The molecule has 42 valence electrons. The third-order valence-corrected chi connectivity index (χ3v) is 0.942. The Bertz CT molecular complexity index is 232. The first kappa shape index (κ1) is 2.59. The highest BCUT2D eigenvalue weighted by Gasteiger charge is 1.84. The number of rotatable bonds is 0. The van der Waals surface area contributed by atoms with Crippen LogP contribution in [0.3, 0.4) is 0 Å². The van der Waals surface area contributed by atoms with Gasteiger partial charge in [-0.15, -0.1) is 0 Å². The third kappa shape index (κ3) is 1.39. The van der Waals surface area contributed by atoms with Crippen LogP contribution in [-0.2, 0) is 0 Å². The molecule has 0 aliphatic carbocycles. The molecule has 0 amide bonds. The van der Waals surface area contributed by atoms with Crippen molar-refractivity contribution in [3.63, 3.8) is 0 Å². The van der Waals surface area contributed by atoms with Crippen LogP contribution in [0.2, 0.25) is 10.0 Å². The highest BCUT2D eigenvalue weighted by Crippen LogP contribution is 2.13. The summed E-state index contributed by atoms with van der Waals surface area (Å²) in [5, 5.41) is -0.359. The van der Waals surface area contributed by atoms with Gasteiger partial charge in [-0.25, -0.2) is 0 Å². The average Bonchev–Trinajstić information content (AvgIpc) is 2.08. The molecular formula is C6H4Cl2. The molecular weight excluding hydrogens is 143 g/mol. The van der Waals surface area contributed by atoms with Crippen LogP contribution in [0.5, 0.6) is 0 Å². The Hall–Kier alpha value is -0.200. The Morgan fingerprint density at radius 1 is 1.25 bits per heavy atom. The maximum absolute atomic E-state index is 7.24. The Kier molecular flexibility index (Phi) is 0.771. The van der Waals surface area contributed by atoms with Gasteiger partial charge in [0, 0.05) is 10.0 Å². The van der Waals surface area contributed by atoms with Crippen molar-refractivity contribution in [2.45, 2.75) is 0 Å². The summed E-state index contributed by atoms with van der Waals surface area (Å²) in [5.74, 6) is 0. The molecule has 0 aliphatic rings. The number of hydrogen-bond acceptors (Lipinski definition) is 0. The van der Waals surface area contributed by atoms with Gasteiger partial charge in [0.1, 0.15) is 0 Å². The molecule has 1 rings (SSSR count). The van der Waals surface area contributed by atoms with Crippen LogP contribution in [0.4, 0.5) is 0 Å². The Labute approximate surface area is 63.7 Å². The minimum absolute atomic E-state index is 0.180. The van der Waals surface area contributed by atoms with Gasteiger partial charge in [-0.05, 0) is 18.1 Å². The minimum atomic E-state index is -0.346. The SMILES string of the molecule is [2H]c1c([2H])c(Cl)c([2H])c(Cl)c1[2H]. The molecule has 1 aromatic rings. The van der Waals surface area contributed by atoms with Crippen molar-refractivity contribution in [2.24, 2.45) is 0 Å². The first-order valence-electron chi connectivity index (χ1n) is 3.88. The fourth-order valence-electron chi connectivity index (χ4n) is 0.300. The summed E-state index contributed by atoms with van der Waals surface area (Å²) < 4.78 is 28.8. The highest BCUT2D eigenvalue weighted by atomic mass is 35.5. The molecule has 0 aliphatic heterocycles. The van der Waals surface area contributed by atoms with Crippen molar-refractivity contribution in [3.8, 4) is 0 Å². The van der Waals surface area contributed by atoms with Gasteiger partial charge in [0.25, 0.3) is 0 Å². The van der Waals surface area contributed by atoms with Gasteiger partial charge < -0.3 is 0 Å². The predicted molar refractivity (Wildman–Crippen MR) is 36.5 cm³/mol. The molecule has 0 bridgehead atoms. The van der Waals surface area contributed by atoms with E-state index < -0.39 is 0 Å². The second-order valence-corrected chi connectivity index (χ2v) is 1.88. The topological polar surface area (TPSA) is 0 Å². The summed E-state index contributed by atoms with van der Waals surface area (Å²) in [5.41, 5.74) is 0. The zero-order valence-corrected chi connectivity index (χ0v) is 5.27. The first-order valence-corrected chi connectivity index (χ1v) is 2.63. The van der Waals surface area contributed by atoms with Gasteiger partial charge in [0.2, 0.25) is 0 Å². The van der Waals surface area contributed by atoms with Gasteiger partial charge in [-0.1, -0.05) is 29.2 Å². The molecule has 0 N–H and O–H groups in total. The fraction of sp³-hybridized carbons (Fsp3) is 0. The number of benzene rings is 1. The Morgan fingerprint density at radius 3 is 2.25 bits per heavy atom. The fourth-order valence-corrected chi connectivity index (χ4v) is 0.632. The summed E-state index contributed by atoms with van der Waals surface area (Å²) in [7, 11) is 0. The molecule has 0 spiro atoms. The lowest BCUT2D eigenvalue weighted by Crippen LogP contribution is -1.61. The smallest absolute Gasteiger partial charge is 0.0654 e. The van der Waals surface area contributed by atoms with E-state index in [4.69, 9.17) is 28.7 Å². The summed E-state index contributed by atoms with van der Waals surface area (Å²) in [4.78, 5) is 0. The zero-order chi connectivity index (χ0) is 9.46. The average molecular weight is 151 g/mol. The van der Waals surface area contributed by atoms with Gasteiger partial charge in [0.15, 0.2) is 0 Å². The molecule has 0 radical (unpaired) electrons. The van der Waals surface area contributed by atoms with Gasteiger partial charge in [-0.2, -0.15) is 0 Å². The molecule has 1 aromatic carbocycles. The monoisotopic (exact) mass is 150 g/mol. The molecule has 0 atom stereocenters. The summed E-state index contributed by atoms with van der Waals surface area (Å²) in [6.45, 7) is 0. The van der Waals surface area contributed by atoms with E-state index in [1.54, 1.807) is 0 Å². The van der Waals surface area contributed by atoms with Crippen LogP contribution in [0, 0.1) is 0 Å². The molecule has 0 heterocycles. The normalized spacial score (nSPS) is 16.2. The van der Waals surface area contributed by atoms with Crippen LogP contribution >= 0.6 is 23.2 Å². The molecule has 8 heavy (non-hydrogen) atoms. The second kappa shape index (κ2) is 2.38. The maximum atomic E-state index is 7.24. The summed E-state index contributed by atoms with van der Waals surface area (Å²) in [6, 6.07) is -1.25. The third-order valence-electron chi connectivity index (χ3n) is 0.564. The van der Waals surface area contributed by atoms with E-state index in [9.17, 15) is 0 Å². The van der Waals surface area contributed by atoms with Crippen molar-refractivity contribution >= 4 is 23.2 Å². The highest BCUT2D eigenvalue weighted by molar-refractivity contribution is 6.34. The van der Waals surface area contributed by atoms with Gasteiger partial charge in [-0.3, -0.25) is 0 Å². The van der Waals surface area contributed by atoms with Crippen LogP contribution in [-0.4, -0.2) is 0 Å². The van der Waals surface area contributed by atoms with E-state index in [1.807, 2.05) is 0 Å². The molecule has 0 saturated carbocycles. The van der Waals surface area contributed by atoms with Gasteiger partial charge >= 0.3 is 0 Å². The van der Waals surface area contributed by atoms with Crippen LogP contribution < -0.4 is 0 Å². The van der Waals surface area contributed by atoms with E-state index in [0.29, 0.717) is 0 Å². The van der Waals surface area contributed by atoms with E-state index in [1.165, 1.54) is 0 Å². The quantitative estimate of drug-likeness (QED) is 0.534. The van der Waals surface area contributed by atoms with Crippen molar-refractivity contribution in [1.29, 1.82) is 0 Å². The molecule has 0 fully saturated rings. The second-order valence-electron chi connectivity index (χ2n) is 1.13. The predicted octanol–water partition coefficient (Wildman–Crippen LogP) is 2.99. The van der Waals surface area contributed by atoms with Gasteiger partial charge in [0.05, 0.1) is 5.48 Å². The lowest BCUT2D eigenvalue weighted by atomic mass is 10.4. The van der Waals surface area contributed by atoms with E-state index in [2.05, 4.69) is 0 Å². The first-order chi connectivity index (χ1) is 5.46. The van der Waals surface area contributed by atoms with Crippen LogP contribution in [0.15, 0.2) is 24.2 Å². The van der Waals surface area contributed by atoms with Crippen LogP contribution in [0.1, 0.15) is 5.48 Å². The molecule has 0 aromatic heterocycles. The lowest BCUT2D eigenvalue weighted by Gasteiger charge is -1.86. The van der Waals surface area contributed by atoms with E-state index in [0.717, 1.165) is 0 Å². The summed E-state index contributed by atoms with van der Waals surface area (Å²) >= 11 is 11.0. The van der Waals surface area contributed by atoms with E-state index >= 15 is 0 Å². The molecule has 2 heteroatoms. The number of halogens is 2. The Morgan fingerprint density at radius 2 is 1.75 bits per heavy atom. The molecule has 0 saturated heterocycles. The largest absolute Gasteiger partial charge is 0.0843 e. The minimum Gasteiger partial charge on any atom is -0.0843 e. The molecule has 0 nitrogen and oxygen atoms in total.